The number of amides is 2. The number of nitrogens with zero attached hydrogens (tertiary/aromatic N) is 2. The Labute approximate surface area is 160 Å². The molecule has 2 atom stereocenters. The number of fused-ring (bicyclic) bond motifs is 1. The number of hydrogen-bond donors (Lipinski definition) is 0. The van der Waals surface area contributed by atoms with Crippen molar-refractivity contribution in [2.24, 2.45) is 11.8 Å². The Kier molecular flexibility index (Phi) is 5.74. The highest BCUT2D eigenvalue weighted by Gasteiger charge is 2.37. The zero-order valence-corrected chi connectivity index (χ0v) is 15.7. The van der Waals surface area contributed by atoms with E-state index in [1.54, 1.807) is 0 Å². The molecule has 3 saturated heterocycles. The van der Waals surface area contributed by atoms with Gasteiger partial charge in [0.1, 0.15) is 6.61 Å². The number of ether oxygens (including phenoxy) is 2. The molecule has 1 aromatic carbocycles. The van der Waals surface area contributed by atoms with E-state index in [2.05, 4.69) is 0 Å². The summed E-state index contributed by atoms with van der Waals surface area (Å²) in [7, 11) is 0. The molecule has 3 aliphatic heterocycles. The van der Waals surface area contributed by atoms with Gasteiger partial charge < -0.3 is 19.3 Å². The van der Waals surface area contributed by atoms with Gasteiger partial charge in [-0.1, -0.05) is 18.2 Å². The standard InChI is InChI=1S/C21H28N2O4/c24-20(12-16-7-10-26-11-8-16)22-9-6-19-17(13-22)14-23(21(25)15-27-19)18-4-2-1-3-5-18/h1-5,16-17,19H,6-15H2/t17-,19+/m1/s1. The van der Waals surface area contributed by atoms with E-state index in [-0.39, 0.29) is 30.4 Å². The van der Waals surface area contributed by atoms with Gasteiger partial charge in [-0.2, -0.15) is 0 Å². The number of benzene rings is 1. The van der Waals surface area contributed by atoms with Crippen LogP contribution in [0.15, 0.2) is 30.3 Å². The first kappa shape index (κ1) is 18.4. The van der Waals surface area contributed by atoms with Crippen LogP contribution in [0, 0.1) is 11.8 Å². The summed E-state index contributed by atoms with van der Waals surface area (Å²) < 4.78 is 11.3. The molecule has 0 spiro atoms. The number of rotatable bonds is 3. The van der Waals surface area contributed by atoms with Crippen LogP contribution in [0.4, 0.5) is 5.69 Å². The highest BCUT2D eigenvalue weighted by molar-refractivity contribution is 5.94. The lowest BCUT2D eigenvalue weighted by atomic mass is 9.91. The molecule has 0 radical (unpaired) electrons. The smallest absolute Gasteiger partial charge is 0.252 e. The summed E-state index contributed by atoms with van der Waals surface area (Å²) in [6, 6.07) is 9.74. The largest absolute Gasteiger partial charge is 0.381 e. The van der Waals surface area contributed by atoms with Crippen molar-refractivity contribution < 1.29 is 19.1 Å². The second-order valence-corrected chi connectivity index (χ2v) is 7.84. The van der Waals surface area contributed by atoms with Crippen LogP contribution >= 0.6 is 0 Å². The molecular weight excluding hydrogens is 344 g/mol. The molecule has 0 saturated carbocycles. The fourth-order valence-corrected chi connectivity index (χ4v) is 4.41. The fourth-order valence-electron chi connectivity index (χ4n) is 4.41. The molecule has 0 unspecified atom stereocenters. The van der Waals surface area contributed by atoms with Crippen molar-refractivity contribution >= 4 is 17.5 Å². The van der Waals surface area contributed by atoms with Crippen LogP contribution in [-0.4, -0.2) is 62.3 Å². The summed E-state index contributed by atoms with van der Waals surface area (Å²) in [5, 5.41) is 0. The van der Waals surface area contributed by atoms with E-state index < -0.39 is 0 Å². The zero-order chi connectivity index (χ0) is 18.6. The Hall–Kier alpha value is -1.92. The Morgan fingerprint density at radius 2 is 1.85 bits per heavy atom. The Morgan fingerprint density at radius 3 is 2.63 bits per heavy atom. The van der Waals surface area contributed by atoms with Crippen molar-refractivity contribution in [1.29, 1.82) is 0 Å². The fraction of sp³-hybridized carbons (Fsp3) is 0.619. The van der Waals surface area contributed by atoms with Crippen LogP contribution in [0.5, 0.6) is 0 Å². The van der Waals surface area contributed by atoms with Crippen molar-refractivity contribution in [3.8, 4) is 0 Å². The van der Waals surface area contributed by atoms with E-state index in [0.717, 1.165) is 44.7 Å². The van der Waals surface area contributed by atoms with E-state index in [1.165, 1.54) is 0 Å². The molecule has 3 aliphatic rings. The van der Waals surface area contributed by atoms with Crippen molar-refractivity contribution in [2.75, 3.05) is 44.4 Å². The summed E-state index contributed by atoms with van der Waals surface area (Å²) in [4.78, 5) is 29.2. The van der Waals surface area contributed by atoms with Crippen molar-refractivity contribution in [1.82, 2.24) is 4.90 Å². The number of likely N-dealkylation sites (tertiary alicyclic amines) is 1. The first-order valence-corrected chi connectivity index (χ1v) is 10.0. The molecule has 0 aromatic heterocycles. The third kappa shape index (κ3) is 4.33. The van der Waals surface area contributed by atoms with E-state index in [1.807, 2.05) is 40.1 Å². The van der Waals surface area contributed by atoms with Crippen LogP contribution in [0.1, 0.15) is 25.7 Å². The number of anilines is 1. The lowest BCUT2D eigenvalue weighted by Crippen LogP contribution is -2.49. The number of piperidine rings is 1. The average Bonchev–Trinajstić information content (AvgIpc) is 2.88. The van der Waals surface area contributed by atoms with Crippen LogP contribution in [0.2, 0.25) is 0 Å². The number of carbonyl (C=O) groups excluding carboxylic acids is 2. The average molecular weight is 372 g/mol. The molecule has 2 amide bonds. The van der Waals surface area contributed by atoms with E-state index >= 15 is 0 Å². The van der Waals surface area contributed by atoms with Gasteiger partial charge >= 0.3 is 0 Å². The molecule has 6 heteroatoms. The van der Waals surface area contributed by atoms with Gasteiger partial charge in [-0.25, -0.2) is 0 Å². The molecule has 0 aliphatic carbocycles. The SMILES string of the molecule is O=C(CC1CCOCC1)N1CC[C@@H]2OCC(=O)N(c3ccccc3)C[C@H]2C1. The van der Waals surface area contributed by atoms with E-state index in [0.29, 0.717) is 25.4 Å². The van der Waals surface area contributed by atoms with Gasteiger partial charge in [0, 0.05) is 50.9 Å². The molecule has 3 heterocycles. The second kappa shape index (κ2) is 8.40. The van der Waals surface area contributed by atoms with E-state index in [4.69, 9.17) is 9.47 Å². The van der Waals surface area contributed by atoms with Crippen molar-refractivity contribution in [2.45, 2.75) is 31.8 Å². The number of para-hydroxylation sites is 1. The minimum absolute atomic E-state index is 0.00400. The van der Waals surface area contributed by atoms with Crippen LogP contribution < -0.4 is 4.90 Å². The van der Waals surface area contributed by atoms with Gasteiger partial charge in [-0.3, -0.25) is 9.59 Å². The lowest BCUT2D eigenvalue weighted by Gasteiger charge is -2.38. The highest BCUT2D eigenvalue weighted by Crippen LogP contribution is 2.28. The molecule has 146 valence electrons. The third-order valence-electron chi connectivity index (χ3n) is 6.03. The molecule has 27 heavy (non-hydrogen) atoms. The summed E-state index contributed by atoms with van der Waals surface area (Å²) in [6.45, 7) is 3.65. The number of hydrogen-bond acceptors (Lipinski definition) is 4. The first-order chi connectivity index (χ1) is 13.2. The summed E-state index contributed by atoms with van der Waals surface area (Å²) in [5.41, 5.74) is 0.900. The predicted octanol–water partition coefficient (Wildman–Crippen LogP) is 2.08. The maximum absolute atomic E-state index is 12.8. The molecular formula is C21H28N2O4. The highest BCUT2D eigenvalue weighted by atomic mass is 16.5. The van der Waals surface area contributed by atoms with Gasteiger partial charge in [0.15, 0.2) is 0 Å². The zero-order valence-electron chi connectivity index (χ0n) is 15.7. The lowest BCUT2D eigenvalue weighted by molar-refractivity contribution is -0.138. The Balaban J connectivity index is 1.41. The summed E-state index contributed by atoms with van der Waals surface area (Å²) >= 11 is 0. The Morgan fingerprint density at radius 1 is 1.07 bits per heavy atom. The van der Waals surface area contributed by atoms with Gasteiger partial charge in [0.25, 0.3) is 5.91 Å². The normalized spacial score (nSPS) is 27.2. The van der Waals surface area contributed by atoms with Gasteiger partial charge in [0.05, 0.1) is 6.10 Å². The molecule has 0 N–H and O–H groups in total. The number of carbonyl (C=O) groups is 2. The van der Waals surface area contributed by atoms with Gasteiger partial charge in [-0.05, 0) is 37.3 Å². The molecule has 1 aromatic rings. The van der Waals surface area contributed by atoms with Crippen molar-refractivity contribution in [3.63, 3.8) is 0 Å². The minimum Gasteiger partial charge on any atom is -0.381 e. The van der Waals surface area contributed by atoms with E-state index in [9.17, 15) is 9.59 Å². The molecule has 3 fully saturated rings. The maximum atomic E-state index is 12.8. The second-order valence-electron chi connectivity index (χ2n) is 7.84. The monoisotopic (exact) mass is 372 g/mol. The first-order valence-electron chi connectivity index (χ1n) is 10.0. The van der Waals surface area contributed by atoms with Crippen LogP contribution in [0.25, 0.3) is 0 Å². The van der Waals surface area contributed by atoms with Crippen LogP contribution in [-0.2, 0) is 19.1 Å². The topological polar surface area (TPSA) is 59.1 Å². The molecule has 0 bridgehead atoms. The van der Waals surface area contributed by atoms with Gasteiger partial charge in [0.2, 0.25) is 5.91 Å². The quantitative estimate of drug-likeness (QED) is 0.815. The Bertz CT molecular complexity index is 659. The summed E-state index contributed by atoms with van der Waals surface area (Å²) in [5.74, 6) is 0.832. The van der Waals surface area contributed by atoms with Gasteiger partial charge in [-0.15, -0.1) is 0 Å². The molecule has 4 rings (SSSR count). The van der Waals surface area contributed by atoms with Crippen molar-refractivity contribution in [3.05, 3.63) is 30.3 Å². The minimum atomic E-state index is -0.00400. The summed E-state index contributed by atoms with van der Waals surface area (Å²) in [6.07, 6.45) is 3.42. The third-order valence-corrected chi connectivity index (χ3v) is 6.03. The predicted molar refractivity (Wildman–Crippen MR) is 101 cm³/mol. The maximum Gasteiger partial charge on any atom is 0.252 e. The van der Waals surface area contributed by atoms with Crippen LogP contribution in [0.3, 0.4) is 0 Å². The molecule has 6 nitrogen and oxygen atoms in total.